The minimum Gasteiger partial charge on any atom is -0.346 e. The quantitative estimate of drug-likeness (QED) is 0.679. The highest BCUT2D eigenvalue weighted by Gasteiger charge is 2.35. The van der Waals surface area contributed by atoms with Gasteiger partial charge in [-0.15, -0.1) is 0 Å². The Hall–Kier alpha value is -2.03. The second-order valence-corrected chi connectivity index (χ2v) is 3.32. The molecule has 3 nitrogen and oxygen atoms in total. The van der Waals surface area contributed by atoms with Crippen molar-refractivity contribution in [2.24, 2.45) is 0 Å². The first-order valence-corrected chi connectivity index (χ1v) is 4.96. The summed E-state index contributed by atoms with van der Waals surface area (Å²) in [5.74, 6) is 0.0264. The highest BCUT2D eigenvalue weighted by atomic mass is 16.1. The molecule has 2 atom stereocenters. The van der Waals surface area contributed by atoms with Crippen LogP contribution in [0.5, 0.6) is 0 Å². The molecule has 0 bridgehead atoms. The van der Waals surface area contributed by atoms with Crippen LogP contribution in [0.3, 0.4) is 0 Å². The van der Waals surface area contributed by atoms with Gasteiger partial charge in [-0.1, -0.05) is 32.4 Å². The van der Waals surface area contributed by atoms with Crippen molar-refractivity contribution in [2.45, 2.75) is 12.1 Å². The van der Waals surface area contributed by atoms with E-state index < -0.39 is 0 Å². The van der Waals surface area contributed by atoms with Gasteiger partial charge in [0.1, 0.15) is 6.04 Å². The Morgan fingerprint density at radius 1 is 1.00 bits per heavy atom. The normalized spacial score (nSPS) is 22.6. The van der Waals surface area contributed by atoms with Crippen LogP contribution in [0.1, 0.15) is 0 Å². The molecule has 0 amide bonds. The first-order valence-electron chi connectivity index (χ1n) is 4.96. The molecule has 16 heavy (non-hydrogen) atoms. The van der Waals surface area contributed by atoms with Crippen molar-refractivity contribution in [2.75, 3.05) is 0 Å². The fourth-order valence-corrected chi connectivity index (χ4v) is 1.77. The molecule has 0 fully saturated rings. The Kier molecular flexibility index (Phi) is 3.89. The van der Waals surface area contributed by atoms with Gasteiger partial charge in [-0.2, -0.15) is 0 Å². The van der Waals surface area contributed by atoms with Crippen molar-refractivity contribution in [3.05, 3.63) is 63.3 Å². The Morgan fingerprint density at radius 2 is 1.50 bits per heavy atom. The molecule has 0 radical (unpaired) electrons. The Balaban J connectivity index is 2.99. The lowest BCUT2D eigenvalue weighted by molar-refractivity contribution is -0.118. The standard InChI is InChI=1S/C13H16N2O/c1-5-14(6-2)11-9-10-12(16)13(11)15(7-3)8-4/h5-11,13H,1-4H2/t11-,13+/m0/s1. The maximum Gasteiger partial charge on any atom is 0.180 e. The largest absolute Gasteiger partial charge is 0.346 e. The fraction of sp³-hybridized carbons (Fsp3) is 0.154. The molecule has 84 valence electrons. The van der Waals surface area contributed by atoms with Gasteiger partial charge in [0.2, 0.25) is 0 Å². The minimum absolute atomic E-state index is 0.0264. The Labute approximate surface area is 96.3 Å². The molecule has 1 aliphatic carbocycles. The third kappa shape index (κ3) is 1.98. The molecule has 3 heteroatoms. The number of nitrogens with zero attached hydrogens (tertiary/aromatic N) is 2. The number of rotatable bonds is 6. The van der Waals surface area contributed by atoms with Crippen molar-refractivity contribution >= 4 is 5.78 Å². The van der Waals surface area contributed by atoms with Crippen LogP contribution in [0.15, 0.2) is 63.3 Å². The van der Waals surface area contributed by atoms with E-state index in [4.69, 9.17) is 0 Å². The summed E-state index contributed by atoms with van der Waals surface area (Å²) in [7, 11) is 0. The first-order chi connectivity index (χ1) is 7.69. The number of carbonyl (C=O) groups is 1. The van der Waals surface area contributed by atoms with E-state index in [1.165, 1.54) is 0 Å². The van der Waals surface area contributed by atoms with Gasteiger partial charge >= 0.3 is 0 Å². The molecule has 0 aromatic rings. The van der Waals surface area contributed by atoms with Crippen LogP contribution in [-0.4, -0.2) is 27.7 Å². The van der Waals surface area contributed by atoms with Crippen LogP contribution >= 0.6 is 0 Å². The SMILES string of the molecule is C=CN(C=C)[C@H]1C=CC(=O)[C@@H]1N(C=C)C=C. The summed E-state index contributed by atoms with van der Waals surface area (Å²) in [6, 6.07) is -0.454. The summed E-state index contributed by atoms with van der Waals surface area (Å²) in [6.07, 6.45) is 9.83. The molecular formula is C13H16N2O. The number of ketones is 1. The van der Waals surface area contributed by atoms with Gasteiger partial charge in [-0.05, 0) is 30.9 Å². The zero-order valence-corrected chi connectivity index (χ0v) is 9.25. The third-order valence-corrected chi connectivity index (χ3v) is 2.58. The highest BCUT2D eigenvalue weighted by molar-refractivity contribution is 5.98. The lowest BCUT2D eigenvalue weighted by atomic mass is 10.1. The average molecular weight is 216 g/mol. The van der Waals surface area contributed by atoms with Crippen molar-refractivity contribution in [1.82, 2.24) is 9.80 Å². The molecule has 0 heterocycles. The molecule has 1 rings (SSSR count). The smallest absolute Gasteiger partial charge is 0.180 e. The number of carbonyl (C=O) groups excluding carboxylic acids is 1. The lowest BCUT2D eigenvalue weighted by Gasteiger charge is -2.32. The van der Waals surface area contributed by atoms with Crippen LogP contribution in [-0.2, 0) is 4.79 Å². The van der Waals surface area contributed by atoms with E-state index in [9.17, 15) is 4.79 Å². The zero-order valence-electron chi connectivity index (χ0n) is 9.25. The third-order valence-electron chi connectivity index (χ3n) is 2.58. The summed E-state index contributed by atoms with van der Waals surface area (Å²) >= 11 is 0. The summed E-state index contributed by atoms with van der Waals surface area (Å²) < 4.78 is 0. The van der Waals surface area contributed by atoms with E-state index in [1.54, 1.807) is 40.7 Å². The minimum atomic E-state index is -0.342. The Bertz CT molecular complexity index is 341. The molecule has 0 unspecified atom stereocenters. The zero-order chi connectivity index (χ0) is 12.1. The molecule has 1 aliphatic rings. The van der Waals surface area contributed by atoms with Crippen LogP contribution < -0.4 is 0 Å². The van der Waals surface area contributed by atoms with Crippen LogP contribution in [0.2, 0.25) is 0 Å². The maximum absolute atomic E-state index is 11.8. The molecule has 0 aromatic carbocycles. The fourth-order valence-electron chi connectivity index (χ4n) is 1.77. The van der Waals surface area contributed by atoms with Gasteiger partial charge in [0.15, 0.2) is 5.78 Å². The molecule has 0 aromatic heterocycles. The van der Waals surface area contributed by atoms with Gasteiger partial charge in [0, 0.05) is 0 Å². The highest BCUT2D eigenvalue weighted by Crippen LogP contribution is 2.21. The summed E-state index contributed by atoms with van der Waals surface area (Å²) in [5, 5.41) is 0. The second kappa shape index (κ2) is 5.16. The van der Waals surface area contributed by atoms with E-state index in [1.807, 2.05) is 6.08 Å². The monoisotopic (exact) mass is 216 g/mol. The summed E-state index contributed by atoms with van der Waals surface area (Å²) in [5.41, 5.74) is 0. The molecule has 0 aliphatic heterocycles. The lowest BCUT2D eigenvalue weighted by Crippen LogP contribution is -2.45. The summed E-state index contributed by atoms with van der Waals surface area (Å²) in [4.78, 5) is 15.2. The second-order valence-electron chi connectivity index (χ2n) is 3.32. The van der Waals surface area contributed by atoms with Crippen LogP contribution in [0, 0.1) is 0 Å². The van der Waals surface area contributed by atoms with E-state index >= 15 is 0 Å². The number of hydrogen-bond acceptors (Lipinski definition) is 3. The summed E-state index contributed by atoms with van der Waals surface area (Å²) in [6.45, 7) is 14.7. The van der Waals surface area contributed by atoms with Crippen molar-refractivity contribution < 1.29 is 4.79 Å². The van der Waals surface area contributed by atoms with Gasteiger partial charge in [0.25, 0.3) is 0 Å². The maximum atomic E-state index is 11.8. The molecule has 0 saturated heterocycles. The molecular weight excluding hydrogens is 200 g/mol. The van der Waals surface area contributed by atoms with Gasteiger partial charge < -0.3 is 9.80 Å². The van der Waals surface area contributed by atoms with E-state index in [0.29, 0.717) is 0 Å². The predicted molar refractivity (Wildman–Crippen MR) is 66.2 cm³/mol. The van der Waals surface area contributed by atoms with Crippen molar-refractivity contribution in [3.63, 3.8) is 0 Å². The Morgan fingerprint density at radius 3 is 1.94 bits per heavy atom. The molecule has 0 spiro atoms. The predicted octanol–water partition coefficient (Wildman–Crippen LogP) is 2.04. The van der Waals surface area contributed by atoms with Gasteiger partial charge in [-0.25, -0.2) is 0 Å². The van der Waals surface area contributed by atoms with E-state index in [-0.39, 0.29) is 17.9 Å². The van der Waals surface area contributed by atoms with Crippen molar-refractivity contribution in [1.29, 1.82) is 0 Å². The topological polar surface area (TPSA) is 23.6 Å². The number of hydrogen-bond donors (Lipinski definition) is 0. The van der Waals surface area contributed by atoms with Gasteiger partial charge in [0.05, 0.1) is 6.04 Å². The van der Waals surface area contributed by atoms with Gasteiger partial charge in [-0.3, -0.25) is 4.79 Å². The van der Waals surface area contributed by atoms with E-state index in [0.717, 1.165) is 0 Å². The van der Waals surface area contributed by atoms with Crippen LogP contribution in [0.4, 0.5) is 0 Å². The first kappa shape index (κ1) is 12.0. The molecule has 0 N–H and O–H groups in total. The van der Waals surface area contributed by atoms with Crippen molar-refractivity contribution in [3.8, 4) is 0 Å². The van der Waals surface area contributed by atoms with Crippen LogP contribution in [0.25, 0.3) is 0 Å². The van der Waals surface area contributed by atoms with E-state index in [2.05, 4.69) is 26.3 Å². The average Bonchev–Trinajstić information content (AvgIpc) is 2.66. The molecule has 0 saturated carbocycles.